The highest BCUT2D eigenvalue weighted by Gasteiger charge is 2.13. The number of H-pyrrole nitrogens is 2. The van der Waals surface area contributed by atoms with Crippen LogP contribution < -0.4 is 15.8 Å². The standard InChI is InChI=1S/C24H21N3O2/c1-4-13-9-15-21(12-22(13)27(2)3)26-20-10-16-19(11-17(20)24(15)29)25-18-8-6-5-7-14(18)23(16)28/h5-12H,4H2,1-3H3,(H,25,28)(H,26,29). The molecule has 0 saturated heterocycles. The Hall–Kier alpha value is -3.60. The number of hydrogen-bond donors (Lipinski definition) is 2. The molecule has 2 N–H and O–H groups in total. The van der Waals surface area contributed by atoms with E-state index in [1.165, 1.54) is 0 Å². The summed E-state index contributed by atoms with van der Waals surface area (Å²) in [4.78, 5) is 35.0. The molecule has 5 heteroatoms. The number of aryl methyl sites for hydroxylation is 1. The molecule has 144 valence electrons. The number of pyridine rings is 2. The van der Waals surface area contributed by atoms with Crippen molar-refractivity contribution in [2.45, 2.75) is 13.3 Å². The van der Waals surface area contributed by atoms with Gasteiger partial charge in [0.05, 0.1) is 16.6 Å². The van der Waals surface area contributed by atoms with Gasteiger partial charge in [-0.3, -0.25) is 9.59 Å². The maximum Gasteiger partial charge on any atom is 0.197 e. The van der Waals surface area contributed by atoms with Crippen molar-refractivity contribution in [1.29, 1.82) is 0 Å². The van der Waals surface area contributed by atoms with Gasteiger partial charge in [-0.1, -0.05) is 19.1 Å². The first-order chi connectivity index (χ1) is 14.0. The molecule has 0 radical (unpaired) electrons. The Bertz CT molecular complexity index is 1560. The molecule has 5 rings (SSSR count). The van der Waals surface area contributed by atoms with Crippen LogP contribution in [0.3, 0.4) is 0 Å². The predicted octanol–water partition coefficient (Wildman–Crippen LogP) is 4.30. The lowest BCUT2D eigenvalue weighted by Crippen LogP contribution is -2.13. The third-order valence-corrected chi connectivity index (χ3v) is 5.68. The van der Waals surface area contributed by atoms with E-state index in [4.69, 9.17) is 0 Å². The van der Waals surface area contributed by atoms with E-state index in [2.05, 4.69) is 21.8 Å². The van der Waals surface area contributed by atoms with E-state index in [0.717, 1.165) is 28.7 Å². The fraction of sp³-hybridized carbons (Fsp3) is 0.167. The van der Waals surface area contributed by atoms with Crippen LogP contribution in [0, 0.1) is 0 Å². The Kier molecular flexibility index (Phi) is 3.74. The Morgan fingerprint density at radius 2 is 1.28 bits per heavy atom. The first-order valence-corrected chi connectivity index (χ1v) is 9.72. The van der Waals surface area contributed by atoms with Crippen molar-refractivity contribution >= 4 is 49.3 Å². The van der Waals surface area contributed by atoms with Crippen LogP contribution in [0.5, 0.6) is 0 Å². The largest absolute Gasteiger partial charge is 0.377 e. The Balaban J connectivity index is 1.93. The Labute approximate surface area is 166 Å². The predicted molar refractivity (Wildman–Crippen MR) is 121 cm³/mol. The van der Waals surface area contributed by atoms with Gasteiger partial charge in [-0.05, 0) is 48.4 Å². The SMILES string of the molecule is CCc1cc2c(=O)c3cc4[nH]c5ccccc5c(=O)c4cc3[nH]c2cc1N(C)C. The van der Waals surface area contributed by atoms with Crippen molar-refractivity contribution in [2.24, 2.45) is 0 Å². The second kappa shape index (κ2) is 6.21. The van der Waals surface area contributed by atoms with Crippen molar-refractivity contribution in [3.05, 3.63) is 74.5 Å². The van der Waals surface area contributed by atoms with Crippen LogP contribution in [0.2, 0.25) is 0 Å². The highest BCUT2D eigenvalue weighted by atomic mass is 16.1. The summed E-state index contributed by atoms with van der Waals surface area (Å²) in [5.41, 5.74) is 5.05. The van der Waals surface area contributed by atoms with Gasteiger partial charge in [0.25, 0.3) is 0 Å². The maximum atomic E-state index is 13.3. The summed E-state index contributed by atoms with van der Waals surface area (Å²) in [6, 6.07) is 15.0. The van der Waals surface area contributed by atoms with E-state index < -0.39 is 0 Å². The molecule has 0 atom stereocenters. The van der Waals surface area contributed by atoms with Gasteiger partial charge in [-0.2, -0.15) is 0 Å². The number of hydrogen-bond acceptors (Lipinski definition) is 3. The normalized spacial score (nSPS) is 11.7. The lowest BCUT2D eigenvalue weighted by atomic mass is 10.0. The van der Waals surface area contributed by atoms with Crippen molar-refractivity contribution in [3.8, 4) is 0 Å². The van der Waals surface area contributed by atoms with E-state index in [0.29, 0.717) is 32.6 Å². The topological polar surface area (TPSA) is 69.0 Å². The summed E-state index contributed by atoms with van der Waals surface area (Å²) < 4.78 is 0. The van der Waals surface area contributed by atoms with E-state index >= 15 is 0 Å². The zero-order chi connectivity index (χ0) is 20.3. The number of nitrogens with one attached hydrogen (secondary N) is 2. The van der Waals surface area contributed by atoms with Crippen LogP contribution in [0.1, 0.15) is 12.5 Å². The van der Waals surface area contributed by atoms with Gasteiger partial charge in [0.1, 0.15) is 0 Å². The first-order valence-electron chi connectivity index (χ1n) is 9.72. The van der Waals surface area contributed by atoms with Gasteiger partial charge in [0, 0.05) is 46.8 Å². The number of nitrogens with zero attached hydrogens (tertiary/aromatic N) is 1. The molecular formula is C24H21N3O2. The third kappa shape index (κ3) is 2.54. The first kappa shape index (κ1) is 17.5. The number of aromatic amines is 2. The molecule has 3 aromatic carbocycles. The Morgan fingerprint density at radius 1 is 0.724 bits per heavy atom. The smallest absolute Gasteiger partial charge is 0.197 e. The summed E-state index contributed by atoms with van der Waals surface area (Å²) in [7, 11) is 4.00. The number of aromatic nitrogens is 2. The van der Waals surface area contributed by atoms with Gasteiger partial charge >= 0.3 is 0 Å². The van der Waals surface area contributed by atoms with Gasteiger partial charge in [0.2, 0.25) is 0 Å². The lowest BCUT2D eigenvalue weighted by Gasteiger charge is -2.18. The molecule has 0 bridgehead atoms. The van der Waals surface area contributed by atoms with Gasteiger partial charge in [-0.15, -0.1) is 0 Å². The fourth-order valence-electron chi connectivity index (χ4n) is 4.18. The van der Waals surface area contributed by atoms with Crippen LogP contribution in [-0.2, 0) is 6.42 Å². The molecular weight excluding hydrogens is 362 g/mol. The molecule has 0 aliphatic rings. The number of para-hydroxylation sites is 1. The number of benzene rings is 3. The summed E-state index contributed by atoms with van der Waals surface area (Å²) in [6.45, 7) is 2.09. The zero-order valence-corrected chi connectivity index (χ0v) is 16.6. The minimum absolute atomic E-state index is 0.0235. The van der Waals surface area contributed by atoms with Crippen LogP contribution in [0.15, 0.2) is 58.1 Å². The van der Waals surface area contributed by atoms with E-state index in [-0.39, 0.29) is 10.9 Å². The number of fused-ring (bicyclic) bond motifs is 4. The average molecular weight is 383 g/mol. The van der Waals surface area contributed by atoms with Gasteiger partial charge in [-0.25, -0.2) is 0 Å². The lowest BCUT2D eigenvalue weighted by molar-refractivity contribution is 1.06. The second-order valence-electron chi connectivity index (χ2n) is 7.67. The van der Waals surface area contributed by atoms with Crippen LogP contribution in [0.4, 0.5) is 5.69 Å². The zero-order valence-electron chi connectivity index (χ0n) is 16.6. The summed E-state index contributed by atoms with van der Waals surface area (Å²) in [6.07, 6.45) is 0.845. The van der Waals surface area contributed by atoms with Crippen LogP contribution in [0.25, 0.3) is 43.6 Å². The molecule has 2 heterocycles. The molecule has 5 nitrogen and oxygen atoms in total. The highest BCUT2D eigenvalue weighted by molar-refractivity contribution is 6.03. The van der Waals surface area contributed by atoms with Crippen molar-refractivity contribution < 1.29 is 0 Å². The quantitative estimate of drug-likeness (QED) is 0.447. The molecule has 5 aromatic rings. The fourth-order valence-corrected chi connectivity index (χ4v) is 4.18. The van der Waals surface area contributed by atoms with Gasteiger partial charge < -0.3 is 14.9 Å². The molecule has 0 aliphatic heterocycles. The molecule has 0 spiro atoms. The molecule has 0 saturated carbocycles. The van der Waals surface area contributed by atoms with Crippen molar-refractivity contribution in [3.63, 3.8) is 0 Å². The summed E-state index contributed by atoms with van der Waals surface area (Å²) >= 11 is 0. The van der Waals surface area contributed by atoms with Crippen molar-refractivity contribution in [2.75, 3.05) is 19.0 Å². The van der Waals surface area contributed by atoms with E-state index in [9.17, 15) is 9.59 Å². The summed E-state index contributed by atoms with van der Waals surface area (Å²) in [5, 5.41) is 2.47. The highest BCUT2D eigenvalue weighted by Crippen LogP contribution is 2.27. The molecule has 0 amide bonds. The molecule has 0 unspecified atom stereocenters. The Morgan fingerprint density at radius 3 is 1.93 bits per heavy atom. The second-order valence-corrected chi connectivity index (χ2v) is 7.67. The minimum Gasteiger partial charge on any atom is -0.377 e. The third-order valence-electron chi connectivity index (χ3n) is 5.68. The molecule has 29 heavy (non-hydrogen) atoms. The van der Waals surface area contributed by atoms with Crippen molar-refractivity contribution in [1.82, 2.24) is 9.97 Å². The molecule has 2 aromatic heterocycles. The monoisotopic (exact) mass is 383 g/mol. The minimum atomic E-state index is -0.0347. The number of anilines is 1. The average Bonchev–Trinajstić information content (AvgIpc) is 2.72. The van der Waals surface area contributed by atoms with E-state index in [1.54, 1.807) is 12.1 Å². The van der Waals surface area contributed by atoms with Gasteiger partial charge in [0.15, 0.2) is 10.9 Å². The number of rotatable bonds is 2. The molecule has 0 aliphatic carbocycles. The maximum absolute atomic E-state index is 13.3. The van der Waals surface area contributed by atoms with Crippen LogP contribution >= 0.6 is 0 Å². The summed E-state index contributed by atoms with van der Waals surface area (Å²) in [5.74, 6) is 0. The van der Waals surface area contributed by atoms with Crippen LogP contribution in [-0.4, -0.2) is 24.1 Å². The van der Waals surface area contributed by atoms with E-state index in [1.807, 2.05) is 50.5 Å². The molecule has 0 fully saturated rings.